The summed E-state index contributed by atoms with van der Waals surface area (Å²) in [5.41, 5.74) is 1.44. The number of hydrogen-bond donors (Lipinski definition) is 1. The maximum Gasteiger partial charge on any atom is 0.00693 e. The summed E-state index contributed by atoms with van der Waals surface area (Å²) in [5, 5.41) is 3.52. The Kier molecular flexibility index (Phi) is 4.09. The van der Waals surface area contributed by atoms with Crippen molar-refractivity contribution in [1.82, 2.24) is 5.32 Å². The third kappa shape index (κ3) is 3.88. The second-order valence-corrected chi connectivity index (χ2v) is 5.13. The molecule has 1 aromatic carbocycles. The number of thioether (sulfide) groups is 1. The standard InChI is InChI=1S/C13H19NS/c1-15-13-6-4-11(5-7-13)8-9-14-10-12-2-3-12/h4-7,12,14H,2-3,8-10H2,1H3. The van der Waals surface area contributed by atoms with Gasteiger partial charge in [0.2, 0.25) is 0 Å². The molecule has 0 aromatic heterocycles. The summed E-state index contributed by atoms with van der Waals surface area (Å²) in [5.74, 6) is 0.990. The Bertz CT molecular complexity index is 290. The molecule has 0 unspecified atom stereocenters. The molecule has 0 aliphatic heterocycles. The molecule has 0 amide bonds. The van der Waals surface area contributed by atoms with Crippen LogP contribution in [0.15, 0.2) is 29.2 Å². The summed E-state index contributed by atoms with van der Waals surface area (Å²) in [7, 11) is 0. The molecule has 0 bridgehead atoms. The van der Waals surface area contributed by atoms with Gasteiger partial charge in [-0.15, -0.1) is 11.8 Å². The minimum atomic E-state index is 0.990. The van der Waals surface area contributed by atoms with Crippen molar-refractivity contribution in [1.29, 1.82) is 0 Å². The fraction of sp³-hybridized carbons (Fsp3) is 0.538. The molecule has 15 heavy (non-hydrogen) atoms. The molecular weight excluding hydrogens is 202 g/mol. The van der Waals surface area contributed by atoms with E-state index < -0.39 is 0 Å². The molecule has 2 heteroatoms. The molecule has 1 aromatic rings. The highest BCUT2D eigenvalue weighted by molar-refractivity contribution is 7.98. The van der Waals surface area contributed by atoms with Gasteiger partial charge in [0.15, 0.2) is 0 Å². The summed E-state index contributed by atoms with van der Waals surface area (Å²) in [6.07, 6.45) is 6.15. The fourth-order valence-corrected chi connectivity index (χ4v) is 2.06. The third-order valence-electron chi connectivity index (χ3n) is 2.88. The van der Waals surface area contributed by atoms with Gasteiger partial charge >= 0.3 is 0 Å². The summed E-state index contributed by atoms with van der Waals surface area (Å²) >= 11 is 1.80. The number of benzene rings is 1. The number of hydrogen-bond acceptors (Lipinski definition) is 2. The Morgan fingerprint density at radius 3 is 2.60 bits per heavy atom. The summed E-state index contributed by atoms with van der Waals surface area (Å²) in [6, 6.07) is 8.90. The van der Waals surface area contributed by atoms with Gasteiger partial charge in [0, 0.05) is 4.90 Å². The van der Waals surface area contributed by atoms with E-state index in [4.69, 9.17) is 0 Å². The van der Waals surface area contributed by atoms with Crippen molar-refractivity contribution in [3.05, 3.63) is 29.8 Å². The lowest BCUT2D eigenvalue weighted by Crippen LogP contribution is -2.19. The van der Waals surface area contributed by atoms with Crippen LogP contribution in [0.1, 0.15) is 18.4 Å². The van der Waals surface area contributed by atoms with Crippen LogP contribution >= 0.6 is 11.8 Å². The minimum Gasteiger partial charge on any atom is -0.316 e. The first-order chi connectivity index (χ1) is 7.38. The SMILES string of the molecule is CSc1ccc(CCNCC2CC2)cc1. The minimum absolute atomic E-state index is 0.990. The first kappa shape index (κ1) is 11.0. The Hall–Kier alpha value is -0.470. The van der Waals surface area contributed by atoms with Crippen LogP contribution in [0.25, 0.3) is 0 Å². The van der Waals surface area contributed by atoms with Gasteiger partial charge in [-0.25, -0.2) is 0 Å². The van der Waals surface area contributed by atoms with Gasteiger partial charge < -0.3 is 5.32 Å². The second kappa shape index (κ2) is 5.57. The lowest BCUT2D eigenvalue weighted by atomic mass is 10.1. The van der Waals surface area contributed by atoms with Crippen LogP contribution in [0.4, 0.5) is 0 Å². The van der Waals surface area contributed by atoms with Crippen molar-refractivity contribution in [3.8, 4) is 0 Å². The van der Waals surface area contributed by atoms with Gasteiger partial charge in [-0.1, -0.05) is 12.1 Å². The van der Waals surface area contributed by atoms with Crippen LogP contribution in [0, 0.1) is 5.92 Å². The predicted molar refractivity (Wildman–Crippen MR) is 67.5 cm³/mol. The van der Waals surface area contributed by atoms with E-state index >= 15 is 0 Å². The topological polar surface area (TPSA) is 12.0 Å². The van der Waals surface area contributed by atoms with Gasteiger partial charge in [-0.2, -0.15) is 0 Å². The van der Waals surface area contributed by atoms with Crippen molar-refractivity contribution in [2.24, 2.45) is 5.92 Å². The average Bonchev–Trinajstić information content (AvgIpc) is 3.09. The zero-order valence-corrected chi connectivity index (χ0v) is 10.1. The Morgan fingerprint density at radius 2 is 2.00 bits per heavy atom. The highest BCUT2D eigenvalue weighted by Gasteiger charge is 2.19. The van der Waals surface area contributed by atoms with Gasteiger partial charge in [-0.3, -0.25) is 0 Å². The van der Waals surface area contributed by atoms with E-state index in [0.717, 1.165) is 18.9 Å². The van der Waals surface area contributed by atoms with E-state index in [-0.39, 0.29) is 0 Å². The normalized spacial score (nSPS) is 15.5. The molecule has 1 nitrogen and oxygen atoms in total. The Labute approximate surface area is 96.7 Å². The largest absolute Gasteiger partial charge is 0.316 e. The van der Waals surface area contributed by atoms with Crippen molar-refractivity contribution in [2.45, 2.75) is 24.2 Å². The molecule has 0 atom stereocenters. The smallest absolute Gasteiger partial charge is 0.00693 e. The Morgan fingerprint density at radius 1 is 1.27 bits per heavy atom. The Balaban J connectivity index is 1.67. The van der Waals surface area contributed by atoms with Gasteiger partial charge in [0.25, 0.3) is 0 Å². The first-order valence-corrected chi connectivity index (χ1v) is 6.94. The molecule has 0 heterocycles. The van der Waals surface area contributed by atoms with Crippen LogP contribution < -0.4 is 5.32 Å². The second-order valence-electron chi connectivity index (χ2n) is 4.25. The number of nitrogens with one attached hydrogen (secondary N) is 1. The van der Waals surface area contributed by atoms with Crippen LogP contribution in [0.3, 0.4) is 0 Å². The quantitative estimate of drug-likeness (QED) is 0.585. The molecule has 1 N–H and O–H groups in total. The average molecular weight is 221 g/mol. The molecule has 1 aliphatic carbocycles. The summed E-state index contributed by atoms with van der Waals surface area (Å²) < 4.78 is 0. The zero-order valence-electron chi connectivity index (χ0n) is 9.33. The summed E-state index contributed by atoms with van der Waals surface area (Å²) in [6.45, 7) is 2.35. The van der Waals surface area contributed by atoms with E-state index in [1.54, 1.807) is 11.8 Å². The van der Waals surface area contributed by atoms with Gasteiger partial charge in [0.05, 0.1) is 0 Å². The van der Waals surface area contributed by atoms with E-state index in [1.807, 2.05) is 0 Å². The molecule has 82 valence electrons. The van der Waals surface area contributed by atoms with Crippen LogP contribution in [-0.4, -0.2) is 19.3 Å². The maximum absolute atomic E-state index is 3.52. The van der Waals surface area contributed by atoms with Gasteiger partial charge in [0.1, 0.15) is 0 Å². The van der Waals surface area contributed by atoms with Crippen LogP contribution in [0.5, 0.6) is 0 Å². The van der Waals surface area contributed by atoms with E-state index in [2.05, 4.69) is 35.8 Å². The predicted octanol–water partition coefficient (Wildman–Crippen LogP) is 2.95. The molecular formula is C13H19NS. The molecule has 0 radical (unpaired) electrons. The lowest BCUT2D eigenvalue weighted by Gasteiger charge is -2.04. The molecule has 0 spiro atoms. The molecule has 1 fully saturated rings. The van der Waals surface area contributed by atoms with Crippen molar-refractivity contribution in [3.63, 3.8) is 0 Å². The molecule has 2 rings (SSSR count). The highest BCUT2D eigenvalue weighted by Crippen LogP contribution is 2.27. The van der Waals surface area contributed by atoms with E-state index in [9.17, 15) is 0 Å². The maximum atomic E-state index is 3.52. The zero-order chi connectivity index (χ0) is 10.5. The summed E-state index contributed by atoms with van der Waals surface area (Å²) in [4.78, 5) is 1.35. The highest BCUT2D eigenvalue weighted by atomic mass is 32.2. The lowest BCUT2D eigenvalue weighted by molar-refractivity contribution is 0.637. The number of rotatable bonds is 6. The monoisotopic (exact) mass is 221 g/mol. The van der Waals surface area contributed by atoms with Crippen molar-refractivity contribution < 1.29 is 0 Å². The van der Waals surface area contributed by atoms with E-state index in [0.29, 0.717) is 0 Å². The van der Waals surface area contributed by atoms with Crippen LogP contribution in [-0.2, 0) is 6.42 Å². The van der Waals surface area contributed by atoms with Crippen molar-refractivity contribution in [2.75, 3.05) is 19.3 Å². The van der Waals surface area contributed by atoms with Crippen molar-refractivity contribution >= 4 is 11.8 Å². The van der Waals surface area contributed by atoms with Gasteiger partial charge in [-0.05, 0) is 62.2 Å². The molecule has 1 aliphatic rings. The fourth-order valence-electron chi connectivity index (χ4n) is 1.65. The third-order valence-corrected chi connectivity index (χ3v) is 3.62. The molecule has 1 saturated carbocycles. The van der Waals surface area contributed by atoms with E-state index in [1.165, 1.54) is 29.8 Å². The molecule has 0 saturated heterocycles. The van der Waals surface area contributed by atoms with Crippen LogP contribution in [0.2, 0.25) is 0 Å². The first-order valence-electron chi connectivity index (χ1n) is 5.72.